The number of carbonyl (C=O) groups excluding carboxylic acids is 1. The molecule has 0 spiro atoms. The molecule has 0 radical (unpaired) electrons. The number of hydrogen-bond acceptors (Lipinski definition) is 4. The average molecular weight is 390 g/mol. The van der Waals surface area contributed by atoms with E-state index in [-0.39, 0.29) is 5.91 Å². The Morgan fingerprint density at radius 2 is 2.15 bits per heavy atom. The fourth-order valence-electron chi connectivity index (χ4n) is 2.50. The van der Waals surface area contributed by atoms with Gasteiger partial charge < -0.3 is 9.64 Å². The molecule has 0 aliphatic rings. The molecule has 1 amide bonds. The standard InChI is InChI=1S/C19H20ClN3O2S/c1-13-15(9-21-23(13)3)10-22(2)19(24)18-8-14(12-26-18)11-25-17-7-5-4-6-16(17)20/h4-9,12H,10-11H2,1-3H3. The number of thiophene rings is 1. The molecule has 3 rings (SSSR count). The minimum absolute atomic E-state index is 0.0118. The lowest BCUT2D eigenvalue weighted by Crippen LogP contribution is -2.25. The van der Waals surface area contributed by atoms with E-state index in [2.05, 4.69) is 5.10 Å². The summed E-state index contributed by atoms with van der Waals surface area (Å²) in [4.78, 5) is 15.0. The van der Waals surface area contributed by atoms with Crippen LogP contribution in [-0.4, -0.2) is 27.6 Å². The highest BCUT2D eigenvalue weighted by Crippen LogP contribution is 2.25. The SMILES string of the molecule is Cc1c(CN(C)C(=O)c2cc(COc3ccccc3Cl)cs2)cnn1C. The number of amides is 1. The first kappa shape index (κ1) is 18.5. The summed E-state index contributed by atoms with van der Waals surface area (Å²) >= 11 is 7.51. The summed E-state index contributed by atoms with van der Waals surface area (Å²) in [6.07, 6.45) is 1.80. The number of ether oxygens (including phenoxy) is 1. The molecule has 0 fully saturated rings. The molecule has 0 N–H and O–H groups in total. The van der Waals surface area contributed by atoms with Gasteiger partial charge >= 0.3 is 0 Å². The van der Waals surface area contributed by atoms with E-state index in [1.165, 1.54) is 11.3 Å². The Bertz CT molecular complexity index is 919. The van der Waals surface area contributed by atoms with Crippen LogP contribution < -0.4 is 4.74 Å². The summed E-state index contributed by atoms with van der Waals surface area (Å²) in [5.74, 6) is 0.625. The van der Waals surface area contributed by atoms with E-state index in [0.29, 0.717) is 28.8 Å². The Labute approximate surface area is 161 Å². The molecule has 0 unspecified atom stereocenters. The van der Waals surface area contributed by atoms with Crippen LogP contribution in [0.25, 0.3) is 0 Å². The van der Waals surface area contributed by atoms with Gasteiger partial charge in [-0.2, -0.15) is 5.10 Å². The minimum atomic E-state index is -0.0118. The summed E-state index contributed by atoms with van der Waals surface area (Å²) in [6.45, 7) is 2.90. The van der Waals surface area contributed by atoms with Gasteiger partial charge in [0, 0.05) is 37.5 Å². The number of para-hydroxylation sites is 1. The van der Waals surface area contributed by atoms with Crippen molar-refractivity contribution in [3.05, 3.63) is 68.6 Å². The molecule has 0 aliphatic heterocycles. The molecule has 0 bridgehead atoms. The van der Waals surface area contributed by atoms with Crippen molar-refractivity contribution in [1.29, 1.82) is 0 Å². The Hall–Kier alpha value is -2.31. The van der Waals surface area contributed by atoms with Crippen LogP contribution in [0.3, 0.4) is 0 Å². The first-order chi connectivity index (χ1) is 12.5. The molecule has 0 saturated heterocycles. The second kappa shape index (κ2) is 7.93. The van der Waals surface area contributed by atoms with Crippen LogP contribution in [0.4, 0.5) is 0 Å². The molecule has 2 heterocycles. The molecule has 1 aromatic carbocycles. The summed E-state index contributed by atoms with van der Waals surface area (Å²) in [6, 6.07) is 9.21. The van der Waals surface area contributed by atoms with E-state index in [0.717, 1.165) is 16.8 Å². The lowest BCUT2D eigenvalue weighted by Gasteiger charge is -2.15. The first-order valence-corrected chi connectivity index (χ1v) is 9.39. The van der Waals surface area contributed by atoms with E-state index in [4.69, 9.17) is 16.3 Å². The Kier molecular flexibility index (Phi) is 5.64. The summed E-state index contributed by atoms with van der Waals surface area (Å²) in [7, 11) is 3.69. The van der Waals surface area contributed by atoms with E-state index in [9.17, 15) is 4.79 Å². The third-order valence-corrected chi connectivity index (χ3v) is 5.47. The Balaban J connectivity index is 1.62. The smallest absolute Gasteiger partial charge is 0.263 e. The van der Waals surface area contributed by atoms with Crippen molar-refractivity contribution in [3.63, 3.8) is 0 Å². The number of hydrogen-bond donors (Lipinski definition) is 0. The molecule has 0 atom stereocenters. The van der Waals surface area contributed by atoms with Crippen molar-refractivity contribution in [1.82, 2.24) is 14.7 Å². The highest BCUT2D eigenvalue weighted by Gasteiger charge is 2.16. The lowest BCUT2D eigenvalue weighted by atomic mass is 10.2. The first-order valence-electron chi connectivity index (χ1n) is 8.13. The van der Waals surface area contributed by atoms with Crippen molar-refractivity contribution in [2.24, 2.45) is 7.05 Å². The van der Waals surface area contributed by atoms with Gasteiger partial charge in [0.2, 0.25) is 0 Å². The predicted molar refractivity (Wildman–Crippen MR) is 104 cm³/mol. The molecule has 7 heteroatoms. The Morgan fingerprint density at radius 3 is 2.85 bits per heavy atom. The largest absolute Gasteiger partial charge is 0.487 e. The number of benzene rings is 1. The number of rotatable bonds is 6. The number of carbonyl (C=O) groups is 1. The maximum atomic E-state index is 12.7. The van der Waals surface area contributed by atoms with Gasteiger partial charge in [-0.3, -0.25) is 9.48 Å². The number of aromatic nitrogens is 2. The Morgan fingerprint density at radius 1 is 1.38 bits per heavy atom. The quantitative estimate of drug-likeness (QED) is 0.631. The van der Waals surface area contributed by atoms with Crippen molar-refractivity contribution >= 4 is 28.8 Å². The topological polar surface area (TPSA) is 47.4 Å². The van der Waals surface area contributed by atoms with Crippen molar-refractivity contribution in [2.45, 2.75) is 20.1 Å². The van der Waals surface area contributed by atoms with Crippen molar-refractivity contribution in [2.75, 3.05) is 7.05 Å². The second-order valence-electron chi connectivity index (χ2n) is 6.08. The third kappa shape index (κ3) is 4.08. The molecule has 3 aromatic rings. The van der Waals surface area contributed by atoms with Crippen LogP contribution in [0, 0.1) is 6.92 Å². The zero-order chi connectivity index (χ0) is 18.7. The monoisotopic (exact) mass is 389 g/mol. The highest BCUT2D eigenvalue weighted by atomic mass is 35.5. The third-order valence-electron chi connectivity index (χ3n) is 4.19. The van der Waals surface area contributed by atoms with E-state index in [1.807, 2.05) is 48.3 Å². The fourth-order valence-corrected chi connectivity index (χ4v) is 3.58. The van der Waals surface area contributed by atoms with Crippen molar-refractivity contribution in [3.8, 4) is 5.75 Å². The maximum absolute atomic E-state index is 12.7. The molecule has 26 heavy (non-hydrogen) atoms. The van der Waals surface area contributed by atoms with Crippen LogP contribution in [-0.2, 0) is 20.2 Å². The van der Waals surface area contributed by atoms with Crippen LogP contribution >= 0.6 is 22.9 Å². The van der Waals surface area contributed by atoms with Gasteiger partial charge in [-0.15, -0.1) is 11.3 Å². The molecular weight excluding hydrogens is 370 g/mol. The van der Waals surface area contributed by atoms with Crippen LogP contribution in [0.2, 0.25) is 5.02 Å². The fraction of sp³-hybridized carbons (Fsp3) is 0.263. The molecule has 2 aromatic heterocycles. The summed E-state index contributed by atoms with van der Waals surface area (Å²) in [5, 5.41) is 6.73. The van der Waals surface area contributed by atoms with Crippen molar-refractivity contribution < 1.29 is 9.53 Å². The molecule has 136 valence electrons. The number of halogens is 1. The zero-order valence-corrected chi connectivity index (χ0v) is 16.5. The molecular formula is C19H20ClN3O2S. The lowest BCUT2D eigenvalue weighted by molar-refractivity contribution is 0.0789. The number of aryl methyl sites for hydroxylation is 1. The van der Waals surface area contributed by atoms with Gasteiger partial charge in [0.15, 0.2) is 0 Å². The van der Waals surface area contributed by atoms with Gasteiger partial charge in [-0.1, -0.05) is 23.7 Å². The van der Waals surface area contributed by atoms with Crippen LogP contribution in [0.1, 0.15) is 26.5 Å². The van der Waals surface area contributed by atoms with Gasteiger partial charge in [0.05, 0.1) is 16.1 Å². The average Bonchev–Trinajstić information content (AvgIpc) is 3.22. The predicted octanol–water partition coefficient (Wildman–Crippen LogP) is 4.29. The van der Waals surface area contributed by atoms with Gasteiger partial charge in [-0.25, -0.2) is 0 Å². The summed E-state index contributed by atoms with van der Waals surface area (Å²) < 4.78 is 7.54. The normalized spacial score (nSPS) is 10.8. The minimum Gasteiger partial charge on any atom is -0.487 e. The van der Waals surface area contributed by atoms with Gasteiger partial charge in [-0.05, 0) is 30.5 Å². The second-order valence-corrected chi connectivity index (χ2v) is 7.40. The van der Waals surface area contributed by atoms with E-state index >= 15 is 0 Å². The van der Waals surface area contributed by atoms with Crippen LogP contribution in [0.15, 0.2) is 41.9 Å². The zero-order valence-electron chi connectivity index (χ0n) is 14.9. The van der Waals surface area contributed by atoms with Gasteiger partial charge in [0.1, 0.15) is 12.4 Å². The molecule has 0 aliphatic carbocycles. The van der Waals surface area contributed by atoms with Crippen LogP contribution in [0.5, 0.6) is 5.75 Å². The highest BCUT2D eigenvalue weighted by molar-refractivity contribution is 7.12. The summed E-state index contributed by atoms with van der Waals surface area (Å²) in [5.41, 5.74) is 3.05. The molecule has 5 nitrogen and oxygen atoms in total. The maximum Gasteiger partial charge on any atom is 0.263 e. The van der Waals surface area contributed by atoms with E-state index < -0.39 is 0 Å². The van der Waals surface area contributed by atoms with Gasteiger partial charge in [0.25, 0.3) is 5.91 Å². The molecule has 0 saturated carbocycles. The van der Waals surface area contributed by atoms with E-state index in [1.54, 1.807) is 24.2 Å². The number of nitrogens with zero attached hydrogens (tertiary/aromatic N) is 3.